The van der Waals surface area contributed by atoms with Crippen LogP contribution in [-0.2, 0) is 9.47 Å². The number of nitrogens with zero attached hydrogens (tertiary/aromatic N) is 2. The van der Waals surface area contributed by atoms with Gasteiger partial charge < -0.3 is 14.2 Å². The van der Waals surface area contributed by atoms with Gasteiger partial charge in [0.05, 0.1) is 6.10 Å². The first-order valence-corrected chi connectivity index (χ1v) is 5.18. The number of ether oxygens (including phenoxy) is 3. The van der Waals surface area contributed by atoms with Gasteiger partial charge >= 0.3 is 6.01 Å². The van der Waals surface area contributed by atoms with Crippen molar-refractivity contribution in [3.8, 4) is 6.01 Å². The van der Waals surface area contributed by atoms with Gasteiger partial charge in [0, 0.05) is 25.8 Å². The third-order valence-corrected chi connectivity index (χ3v) is 2.97. The summed E-state index contributed by atoms with van der Waals surface area (Å²) >= 11 is 0. The van der Waals surface area contributed by atoms with Crippen LogP contribution in [-0.4, -0.2) is 35.5 Å². The molecule has 86 valence electrons. The maximum absolute atomic E-state index is 11.1. The van der Waals surface area contributed by atoms with Gasteiger partial charge in [0.15, 0.2) is 0 Å². The quantitative estimate of drug-likeness (QED) is 0.668. The molecule has 0 unspecified atom stereocenters. The van der Waals surface area contributed by atoms with E-state index in [0.29, 0.717) is 12.6 Å². The Bertz CT molecular complexity index is 458. The Balaban J connectivity index is 2.00. The number of hydrogen-bond acceptors (Lipinski definition) is 5. The van der Waals surface area contributed by atoms with E-state index in [4.69, 9.17) is 14.2 Å². The number of aromatic nitrogens is 2. The Morgan fingerprint density at radius 3 is 3.31 bits per heavy atom. The Kier molecular flexibility index (Phi) is 2.19. The molecule has 16 heavy (non-hydrogen) atoms. The van der Waals surface area contributed by atoms with Gasteiger partial charge in [-0.15, -0.1) is 0 Å². The van der Waals surface area contributed by atoms with Crippen LogP contribution in [0.25, 0.3) is 0 Å². The summed E-state index contributed by atoms with van der Waals surface area (Å²) in [5, 5.41) is 0. The summed E-state index contributed by atoms with van der Waals surface area (Å²) in [5.74, 6) is 0. The van der Waals surface area contributed by atoms with Crippen LogP contribution < -0.4 is 10.3 Å². The maximum Gasteiger partial charge on any atom is 0.301 e. The van der Waals surface area contributed by atoms with Gasteiger partial charge in [-0.1, -0.05) is 0 Å². The lowest BCUT2D eigenvalue weighted by atomic mass is 10.2. The van der Waals surface area contributed by atoms with Crippen LogP contribution in [0.2, 0.25) is 0 Å². The van der Waals surface area contributed by atoms with Crippen molar-refractivity contribution in [2.45, 2.75) is 24.9 Å². The van der Waals surface area contributed by atoms with Gasteiger partial charge in [0.25, 0.3) is 5.56 Å². The van der Waals surface area contributed by atoms with Crippen molar-refractivity contribution in [2.24, 2.45) is 0 Å². The molecule has 0 aliphatic carbocycles. The zero-order chi connectivity index (χ0) is 11.1. The number of rotatable bonds is 1. The van der Waals surface area contributed by atoms with E-state index in [1.807, 2.05) is 0 Å². The highest BCUT2D eigenvalue weighted by atomic mass is 16.6. The molecule has 0 amide bonds. The third-order valence-electron chi connectivity index (χ3n) is 2.97. The van der Waals surface area contributed by atoms with E-state index in [-0.39, 0.29) is 24.0 Å². The van der Waals surface area contributed by atoms with Crippen molar-refractivity contribution in [3.05, 3.63) is 22.6 Å². The molecule has 0 radical (unpaired) electrons. The van der Waals surface area contributed by atoms with Crippen molar-refractivity contribution >= 4 is 0 Å². The summed E-state index contributed by atoms with van der Waals surface area (Å²) in [6, 6.07) is 1.73. The van der Waals surface area contributed by atoms with Gasteiger partial charge in [-0.05, 0) is 0 Å². The van der Waals surface area contributed by atoms with Crippen molar-refractivity contribution < 1.29 is 14.2 Å². The molecule has 0 aromatic carbocycles. The van der Waals surface area contributed by atoms with E-state index >= 15 is 0 Å². The molecule has 3 rings (SSSR count). The molecule has 3 atom stereocenters. The molecule has 2 aliphatic rings. The monoisotopic (exact) mass is 224 g/mol. The first-order chi connectivity index (χ1) is 7.78. The van der Waals surface area contributed by atoms with Gasteiger partial charge in [-0.25, -0.2) is 0 Å². The van der Waals surface area contributed by atoms with Crippen LogP contribution in [0, 0.1) is 0 Å². The summed E-state index contributed by atoms with van der Waals surface area (Å²) in [4.78, 5) is 14.9. The van der Waals surface area contributed by atoms with Crippen LogP contribution in [0.15, 0.2) is 17.1 Å². The number of fused-ring (bicyclic) bond motifs is 4. The molecule has 1 fully saturated rings. The second-order valence-corrected chi connectivity index (χ2v) is 3.91. The Labute approximate surface area is 91.8 Å². The van der Waals surface area contributed by atoms with E-state index in [1.165, 1.54) is 6.07 Å². The zero-order valence-corrected chi connectivity index (χ0v) is 8.83. The first kappa shape index (κ1) is 9.80. The molecule has 0 saturated carbocycles. The van der Waals surface area contributed by atoms with Crippen molar-refractivity contribution in [3.63, 3.8) is 0 Å². The predicted molar refractivity (Wildman–Crippen MR) is 53.3 cm³/mol. The Morgan fingerprint density at radius 2 is 2.50 bits per heavy atom. The van der Waals surface area contributed by atoms with Gasteiger partial charge in [-0.3, -0.25) is 9.36 Å². The molecule has 1 aromatic rings. The van der Waals surface area contributed by atoms with E-state index in [0.717, 1.165) is 6.42 Å². The molecule has 3 heterocycles. The predicted octanol–water partition coefficient (Wildman–Crippen LogP) is -0.0618. The highest BCUT2D eigenvalue weighted by Gasteiger charge is 2.40. The van der Waals surface area contributed by atoms with Gasteiger partial charge in [0.2, 0.25) is 0 Å². The van der Waals surface area contributed by atoms with Crippen LogP contribution in [0.4, 0.5) is 0 Å². The fourth-order valence-electron chi connectivity index (χ4n) is 2.15. The summed E-state index contributed by atoms with van der Waals surface area (Å²) < 4.78 is 18.3. The molecule has 2 bridgehead atoms. The van der Waals surface area contributed by atoms with Crippen LogP contribution in [0.1, 0.15) is 12.6 Å². The largest absolute Gasteiger partial charge is 0.462 e. The number of methoxy groups -OCH3 is 1. The van der Waals surface area contributed by atoms with Crippen molar-refractivity contribution in [1.29, 1.82) is 0 Å². The Morgan fingerprint density at radius 1 is 1.62 bits per heavy atom. The third kappa shape index (κ3) is 1.42. The van der Waals surface area contributed by atoms with Gasteiger partial charge in [0.1, 0.15) is 18.9 Å². The molecule has 1 saturated heterocycles. The summed E-state index contributed by atoms with van der Waals surface area (Å²) in [7, 11) is 1.66. The minimum atomic E-state index is -0.299. The zero-order valence-electron chi connectivity index (χ0n) is 8.83. The van der Waals surface area contributed by atoms with Crippen molar-refractivity contribution in [1.82, 2.24) is 9.55 Å². The van der Waals surface area contributed by atoms with E-state index in [2.05, 4.69) is 4.98 Å². The van der Waals surface area contributed by atoms with Crippen LogP contribution >= 0.6 is 0 Å². The lowest BCUT2D eigenvalue weighted by Crippen LogP contribution is -2.30. The summed E-state index contributed by atoms with van der Waals surface area (Å²) in [6.07, 6.45) is 2.20. The van der Waals surface area contributed by atoms with Crippen molar-refractivity contribution in [2.75, 3.05) is 13.7 Å². The normalized spacial score (nSPS) is 31.7. The highest BCUT2D eigenvalue weighted by molar-refractivity contribution is 5.04. The summed E-state index contributed by atoms with van der Waals surface area (Å²) in [5.41, 5.74) is -0.299. The molecular formula is C10H12N2O4. The second-order valence-electron chi connectivity index (χ2n) is 3.91. The minimum absolute atomic E-state index is 0.0394. The van der Waals surface area contributed by atoms with Crippen LogP contribution in [0.5, 0.6) is 6.01 Å². The summed E-state index contributed by atoms with van der Waals surface area (Å²) in [6.45, 7) is 0.367. The average molecular weight is 224 g/mol. The topological polar surface area (TPSA) is 62.6 Å². The average Bonchev–Trinajstić information content (AvgIpc) is 2.60. The molecule has 6 nitrogen and oxygen atoms in total. The van der Waals surface area contributed by atoms with Gasteiger partial charge in [-0.2, -0.15) is 4.98 Å². The highest BCUT2D eigenvalue weighted by Crippen LogP contribution is 2.34. The number of hydrogen-bond donors (Lipinski definition) is 0. The fourth-order valence-corrected chi connectivity index (χ4v) is 2.15. The second kappa shape index (κ2) is 3.57. The standard InChI is InChI=1S/C10H12N2O4/c1-14-6-4-9-12-3-2-8(13)11-10(12)15-5-7(6)16-9/h2-3,6-7,9H,4-5H2,1H3/t6-,7-,9-/m0/s1. The fraction of sp³-hybridized carbons (Fsp3) is 0.600. The lowest BCUT2D eigenvalue weighted by molar-refractivity contribution is -0.0308. The minimum Gasteiger partial charge on any atom is -0.462 e. The van der Waals surface area contributed by atoms with E-state index in [9.17, 15) is 4.79 Å². The molecule has 0 N–H and O–H groups in total. The molecule has 6 heteroatoms. The van der Waals surface area contributed by atoms with E-state index < -0.39 is 0 Å². The maximum atomic E-state index is 11.1. The molecule has 1 aromatic heterocycles. The Hall–Kier alpha value is -1.40. The van der Waals surface area contributed by atoms with Crippen LogP contribution in [0.3, 0.4) is 0 Å². The molecule has 2 aliphatic heterocycles. The smallest absolute Gasteiger partial charge is 0.301 e. The molecule has 0 spiro atoms. The molecular weight excluding hydrogens is 212 g/mol. The SMILES string of the molecule is CO[C@H]1C[C@@H]2O[C@H]1COc1nc(=O)ccn12. The first-order valence-electron chi connectivity index (χ1n) is 5.18. The lowest BCUT2D eigenvalue weighted by Gasteiger charge is -2.18. The van der Waals surface area contributed by atoms with E-state index in [1.54, 1.807) is 17.9 Å².